The van der Waals surface area contributed by atoms with Crippen LogP contribution in [0.1, 0.15) is 33.9 Å². The Morgan fingerprint density at radius 1 is 1.29 bits per heavy atom. The van der Waals surface area contributed by atoms with Crippen molar-refractivity contribution in [2.24, 2.45) is 0 Å². The maximum absolute atomic E-state index is 13.8. The van der Waals surface area contributed by atoms with E-state index in [-0.39, 0.29) is 18.2 Å². The topological polar surface area (TPSA) is 162 Å². The molecule has 0 amide bonds. The number of nitrogens with one attached hydrogen (secondary N) is 1. The number of aromatic nitrogens is 2. The molecule has 0 aliphatic carbocycles. The Morgan fingerprint density at radius 2 is 1.97 bits per heavy atom. The number of carbonyl (C=O) groups excluding carboxylic acids is 1. The number of nitrogens with two attached hydrogens (primary N) is 1. The molecule has 2 aliphatic heterocycles. The van der Waals surface area contributed by atoms with Gasteiger partial charge in [-0.3, -0.25) is 13.9 Å². The van der Waals surface area contributed by atoms with Gasteiger partial charge in [0.05, 0.1) is 13.7 Å². The number of fused-ring (bicyclic) bond motifs is 1. The zero-order valence-corrected chi connectivity index (χ0v) is 23.1. The van der Waals surface area contributed by atoms with Gasteiger partial charge in [-0.2, -0.15) is 10.1 Å². The number of methoxy groups -OCH3 is 1. The van der Waals surface area contributed by atoms with Crippen molar-refractivity contribution in [2.45, 2.75) is 63.6 Å². The van der Waals surface area contributed by atoms with Crippen LogP contribution in [0.5, 0.6) is 5.75 Å². The standard InChI is InChI=1S/C23H30ClN4O9P/c1-13(19(29)32-5)27-38(31,36-15-8-6-14(24)7-9-15)33-12-16-18-23(4,37-22(2,3)35-18)20(34-16)28-11-10-17(25)26-21(28)30/h6-11,13,16,18,20H,12H2,1-5H3,(H,27,31)(H2,25,26,30)/t13-,16-,18-,20-,23-,38?/m1/s1. The van der Waals surface area contributed by atoms with E-state index in [1.165, 1.54) is 43.0 Å². The zero-order chi connectivity index (χ0) is 27.9. The second-order valence-electron chi connectivity index (χ2n) is 9.51. The van der Waals surface area contributed by atoms with Crippen molar-refractivity contribution in [3.63, 3.8) is 0 Å². The molecule has 3 heterocycles. The highest BCUT2D eigenvalue weighted by Crippen LogP contribution is 2.52. The summed E-state index contributed by atoms with van der Waals surface area (Å²) in [5.41, 5.74) is 3.85. The van der Waals surface area contributed by atoms with Crippen LogP contribution in [-0.4, -0.2) is 58.9 Å². The molecular weight excluding hydrogens is 543 g/mol. The van der Waals surface area contributed by atoms with Gasteiger partial charge in [-0.25, -0.2) is 9.36 Å². The number of hydrogen-bond donors (Lipinski definition) is 2. The van der Waals surface area contributed by atoms with E-state index < -0.39 is 55.3 Å². The van der Waals surface area contributed by atoms with Gasteiger partial charge < -0.3 is 29.2 Å². The Hall–Kier alpha value is -2.51. The third kappa shape index (κ3) is 5.89. The molecule has 38 heavy (non-hydrogen) atoms. The summed E-state index contributed by atoms with van der Waals surface area (Å²) in [7, 11) is -3.00. The minimum absolute atomic E-state index is 0.0563. The highest BCUT2D eigenvalue weighted by molar-refractivity contribution is 7.52. The second kappa shape index (κ2) is 10.6. The average Bonchev–Trinajstić information content (AvgIpc) is 3.24. The van der Waals surface area contributed by atoms with Crippen LogP contribution in [0, 0.1) is 0 Å². The molecule has 2 fully saturated rings. The number of benzene rings is 1. The number of ether oxygens (including phenoxy) is 4. The van der Waals surface area contributed by atoms with Crippen molar-refractivity contribution in [3.05, 3.63) is 52.0 Å². The van der Waals surface area contributed by atoms with Crippen LogP contribution in [0.2, 0.25) is 5.02 Å². The first-order chi connectivity index (χ1) is 17.7. The molecule has 0 spiro atoms. The van der Waals surface area contributed by atoms with Crippen molar-refractivity contribution in [3.8, 4) is 5.75 Å². The average molecular weight is 573 g/mol. The molecule has 6 atom stereocenters. The van der Waals surface area contributed by atoms with Crippen molar-refractivity contribution >= 4 is 31.1 Å². The van der Waals surface area contributed by atoms with Gasteiger partial charge in [-0.05, 0) is 58.0 Å². The summed E-state index contributed by atoms with van der Waals surface area (Å²) in [5, 5.41) is 3.02. The molecule has 1 unspecified atom stereocenters. The van der Waals surface area contributed by atoms with E-state index in [1.54, 1.807) is 32.9 Å². The van der Waals surface area contributed by atoms with Gasteiger partial charge in [-0.1, -0.05) is 11.6 Å². The molecule has 2 aromatic rings. The van der Waals surface area contributed by atoms with E-state index in [0.29, 0.717) is 5.02 Å². The molecule has 13 nitrogen and oxygen atoms in total. The quantitative estimate of drug-likeness (QED) is 0.334. The summed E-state index contributed by atoms with van der Waals surface area (Å²) in [5.74, 6) is -1.46. The molecule has 3 N–H and O–H groups in total. The molecule has 0 saturated carbocycles. The van der Waals surface area contributed by atoms with Crippen LogP contribution >= 0.6 is 19.3 Å². The van der Waals surface area contributed by atoms with E-state index in [4.69, 9.17) is 45.3 Å². The fraction of sp³-hybridized carbons (Fsp3) is 0.522. The maximum atomic E-state index is 13.8. The van der Waals surface area contributed by atoms with E-state index in [9.17, 15) is 14.2 Å². The number of nitrogen functional groups attached to an aromatic ring is 1. The highest BCUT2D eigenvalue weighted by Gasteiger charge is 2.64. The highest BCUT2D eigenvalue weighted by atomic mass is 35.5. The van der Waals surface area contributed by atoms with Crippen LogP contribution in [0.15, 0.2) is 41.3 Å². The summed E-state index contributed by atoms with van der Waals surface area (Å²) in [6.07, 6.45) is -1.13. The summed E-state index contributed by atoms with van der Waals surface area (Å²) in [4.78, 5) is 28.4. The molecule has 15 heteroatoms. The number of anilines is 1. The summed E-state index contributed by atoms with van der Waals surface area (Å²) in [6.45, 7) is 6.32. The lowest BCUT2D eigenvalue weighted by molar-refractivity contribution is -0.217. The SMILES string of the molecule is COC(=O)[C@@H](C)NP(=O)(OC[C@H]1O[C@@H](n2ccc(N)nc2=O)[C@]2(C)OC(C)(C)O[C@H]12)Oc1ccc(Cl)cc1. The van der Waals surface area contributed by atoms with Gasteiger partial charge in [0.2, 0.25) is 0 Å². The lowest BCUT2D eigenvalue weighted by atomic mass is 9.96. The van der Waals surface area contributed by atoms with Crippen LogP contribution in [-0.2, 0) is 32.8 Å². The summed E-state index contributed by atoms with van der Waals surface area (Å²) in [6, 6.07) is 6.51. The first-order valence-electron chi connectivity index (χ1n) is 11.7. The first-order valence-corrected chi connectivity index (χ1v) is 13.6. The van der Waals surface area contributed by atoms with Gasteiger partial charge in [0.15, 0.2) is 12.0 Å². The Balaban J connectivity index is 1.60. The third-order valence-corrected chi connectivity index (χ3v) is 7.93. The predicted molar refractivity (Wildman–Crippen MR) is 136 cm³/mol. The molecular formula is C23H30ClN4O9P. The largest absolute Gasteiger partial charge is 0.468 e. The Bertz CT molecular complexity index is 1290. The Kier molecular flexibility index (Phi) is 7.93. The number of esters is 1. The molecule has 0 bridgehead atoms. The predicted octanol–water partition coefficient (Wildman–Crippen LogP) is 2.64. The van der Waals surface area contributed by atoms with Crippen molar-refractivity contribution in [2.75, 3.05) is 19.5 Å². The maximum Gasteiger partial charge on any atom is 0.459 e. The van der Waals surface area contributed by atoms with Crippen LogP contribution in [0.25, 0.3) is 0 Å². The molecule has 1 aromatic heterocycles. The van der Waals surface area contributed by atoms with Gasteiger partial charge in [-0.15, -0.1) is 0 Å². The van der Waals surface area contributed by atoms with Crippen LogP contribution in [0.4, 0.5) is 5.82 Å². The first kappa shape index (κ1) is 28.5. The van der Waals surface area contributed by atoms with Crippen LogP contribution < -0.4 is 21.0 Å². The third-order valence-electron chi connectivity index (χ3n) is 6.03. The number of nitrogens with zero attached hydrogens (tertiary/aromatic N) is 2. The second-order valence-corrected chi connectivity index (χ2v) is 11.6. The van der Waals surface area contributed by atoms with Crippen molar-refractivity contribution in [1.29, 1.82) is 0 Å². The van der Waals surface area contributed by atoms with E-state index in [2.05, 4.69) is 10.1 Å². The van der Waals surface area contributed by atoms with Gasteiger partial charge in [0, 0.05) is 11.2 Å². The minimum Gasteiger partial charge on any atom is -0.468 e. The number of rotatable bonds is 9. The molecule has 1 aromatic carbocycles. The Labute approximate surface area is 224 Å². The van der Waals surface area contributed by atoms with E-state index in [1.807, 2.05) is 0 Å². The number of hydrogen-bond acceptors (Lipinski definition) is 11. The van der Waals surface area contributed by atoms with Gasteiger partial charge >= 0.3 is 19.4 Å². The lowest BCUT2D eigenvalue weighted by Gasteiger charge is -2.30. The fourth-order valence-electron chi connectivity index (χ4n) is 4.48. The van der Waals surface area contributed by atoms with Crippen molar-refractivity contribution in [1.82, 2.24) is 14.6 Å². The smallest absolute Gasteiger partial charge is 0.459 e. The van der Waals surface area contributed by atoms with E-state index in [0.717, 1.165) is 0 Å². The van der Waals surface area contributed by atoms with Crippen LogP contribution in [0.3, 0.4) is 0 Å². The number of carbonyl (C=O) groups is 1. The van der Waals surface area contributed by atoms with Crippen molar-refractivity contribution < 1.29 is 37.4 Å². The Morgan fingerprint density at radius 3 is 2.61 bits per heavy atom. The summed E-state index contributed by atoms with van der Waals surface area (Å²) < 4.78 is 49.6. The minimum atomic E-state index is -4.20. The molecule has 4 rings (SSSR count). The fourth-order valence-corrected chi connectivity index (χ4v) is 6.11. The molecule has 208 valence electrons. The molecule has 2 saturated heterocycles. The number of halogens is 1. The molecule has 2 aliphatic rings. The van der Waals surface area contributed by atoms with Gasteiger partial charge in [0.25, 0.3) is 0 Å². The molecule has 0 radical (unpaired) electrons. The zero-order valence-electron chi connectivity index (χ0n) is 21.5. The van der Waals surface area contributed by atoms with Gasteiger partial charge in [0.1, 0.15) is 35.4 Å². The van der Waals surface area contributed by atoms with E-state index >= 15 is 0 Å². The monoisotopic (exact) mass is 572 g/mol. The lowest BCUT2D eigenvalue weighted by Crippen LogP contribution is -2.45. The normalized spacial score (nSPS) is 28.3. The summed E-state index contributed by atoms with van der Waals surface area (Å²) >= 11 is 5.94.